The number of nitrogens with two attached hydrogens (primary N) is 1. The maximum Gasteiger partial charge on any atom is 0.260 e. The molecule has 0 aliphatic carbocycles. The van der Waals surface area contributed by atoms with E-state index < -0.39 is 10.0 Å². The minimum atomic E-state index is -3.61. The number of sulfonamides is 1. The van der Waals surface area contributed by atoms with Gasteiger partial charge in [-0.3, -0.25) is 5.10 Å². The first-order valence-electron chi connectivity index (χ1n) is 6.84. The molecule has 0 atom stereocenters. The highest BCUT2D eigenvalue weighted by molar-refractivity contribution is 7.89. The van der Waals surface area contributed by atoms with Crippen LogP contribution in [0.5, 0.6) is 0 Å². The number of aromatic amines is 1. The summed E-state index contributed by atoms with van der Waals surface area (Å²) < 4.78 is 32.0. The van der Waals surface area contributed by atoms with Crippen LogP contribution < -0.4 is 10.5 Å². The summed E-state index contributed by atoms with van der Waals surface area (Å²) in [6.07, 6.45) is 2.75. The van der Waals surface area contributed by atoms with Crippen molar-refractivity contribution < 1.29 is 13.2 Å². The van der Waals surface area contributed by atoms with Crippen molar-refractivity contribution in [2.75, 3.05) is 19.8 Å². The van der Waals surface area contributed by atoms with Gasteiger partial charge in [-0.1, -0.05) is 13.3 Å². The van der Waals surface area contributed by atoms with Crippen LogP contribution in [0.4, 0.5) is 0 Å². The fraction of sp³-hybridized carbons (Fsp3) is 0.750. The zero-order valence-corrected chi connectivity index (χ0v) is 12.9. The quantitative estimate of drug-likeness (QED) is 0.550. The van der Waals surface area contributed by atoms with Gasteiger partial charge in [0.2, 0.25) is 0 Å². The van der Waals surface area contributed by atoms with Crippen molar-refractivity contribution in [2.45, 2.75) is 44.7 Å². The third-order valence-electron chi connectivity index (χ3n) is 2.89. The summed E-state index contributed by atoms with van der Waals surface area (Å²) in [6.45, 7) is 5.57. The van der Waals surface area contributed by atoms with Gasteiger partial charge in [0.15, 0.2) is 5.03 Å². The number of hydrogen-bond donors (Lipinski definition) is 3. The Kier molecular flexibility index (Phi) is 7.14. The lowest BCUT2D eigenvalue weighted by Gasteiger charge is -2.06. The number of hydrogen-bond acceptors (Lipinski definition) is 5. The molecule has 0 saturated heterocycles. The Bertz CT molecular complexity index is 499. The Morgan fingerprint density at radius 2 is 2.05 bits per heavy atom. The second-order valence-corrected chi connectivity index (χ2v) is 6.24. The van der Waals surface area contributed by atoms with E-state index in [4.69, 9.17) is 10.5 Å². The minimum Gasteiger partial charge on any atom is -0.381 e. The number of nitrogens with zero attached hydrogens (tertiary/aromatic N) is 1. The highest BCUT2D eigenvalue weighted by atomic mass is 32.2. The van der Waals surface area contributed by atoms with Crippen molar-refractivity contribution in [1.82, 2.24) is 14.9 Å². The lowest BCUT2D eigenvalue weighted by Crippen LogP contribution is -2.27. The van der Waals surface area contributed by atoms with Crippen LogP contribution >= 0.6 is 0 Å². The molecule has 1 aromatic rings. The first-order chi connectivity index (χ1) is 9.53. The van der Waals surface area contributed by atoms with E-state index in [1.807, 2.05) is 0 Å². The standard InChI is InChI=1S/C12H24N4O3S/c1-3-4-7-19-8-5-6-14-20(17,18)12-11(9-13)10(2)15-16-12/h14H,3-9,13H2,1-2H3,(H,15,16). The summed E-state index contributed by atoms with van der Waals surface area (Å²) in [5.41, 5.74) is 6.74. The number of H-pyrrole nitrogens is 1. The molecule has 0 bridgehead atoms. The molecule has 20 heavy (non-hydrogen) atoms. The number of unbranched alkanes of at least 4 members (excludes halogenated alkanes) is 1. The molecule has 0 amide bonds. The Balaban J connectivity index is 2.42. The molecule has 8 heteroatoms. The topological polar surface area (TPSA) is 110 Å². The molecule has 0 fully saturated rings. The van der Waals surface area contributed by atoms with Gasteiger partial charge in [0.05, 0.1) is 0 Å². The maximum absolute atomic E-state index is 12.1. The van der Waals surface area contributed by atoms with Crippen molar-refractivity contribution in [2.24, 2.45) is 5.73 Å². The van der Waals surface area contributed by atoms with E-state index in [0.29, 0.717) is 30.8 Å². The SMILES string of the molecule is CCCCOCCCNS(=O)(=O)c1n[nH]c(C)c1CN. The van der Waals surface area contributed by atoms with Gasteiger partial charge in [-0.2, -0.15) is 5.10 Å². The molecule has 1 aromatic heterocycles. The zero-order valence-electron chi connectivity index (χ0n) is 12.1. The zero-order chi connectivity index (χ0) is 15.0. The molecule has 0 radical (unpaired) electrons. The van der Waals surface area contributed by atoms with Crippen molar-refractivity contribution in [3.63, 3.8) is 0 Å². The van der Waals surface area contributed by atoms with Gasteiger partial charge in [-0.25, -0.2) is 13.1 Å². The Morgan fingerprint density at radius 1 is 1.35 bits per heavy atom. The smallest absolute Gasteiger partial charge is 0.260 e. The number of ether oxygens (including phenoxy) is 1. The molecule has 116 valence electrons. The lowest BCUT2D eigenvalue weighted by molar-refractivity contribution is 0.130. The monoisotopic (exact) mass is 304 g/mol. The Morgan fingerprint density at radius 3 is 2.70 bits per heavy atom. The number of rotatable bonds is 10. The molecule has 1 heterocycles. The van der Waals surface area contributed by atoms with Crippen molar-refractivity contribution >= 4 is 10.0 Å². The molecular formula is C12H24N4O3S. The molecule has 4 N–H and O–H groups in total. The third-order valence-corrected chi connectivity index (χ3v) is 4.33. The highest BCUT2D eigenvalue weighted by Gasteiger charge is 2.22. The van der Waals surface area contributed by atoms with E-state index >= 15 is 0 Å². The van der Waals surface area contributed by atoms with Crippen LogP contribution in [-0.2, 0) is 21.3 Å². The van der Waals surface area contributed by atoms with E-state index in [9.17, 15) is 8.42 Å². The highest BCUT2D eigenvalue weighted by Crippen LogP contribution is 2.14. The Labute approximate surface area is 120 Å². The van der Waals surface area contributed by atoms with Crippen LogP contribution in [0, 0.1) is 6.92 Å². The predicted octanol–water partition coefficient (Wildman–Crippen LogP) is 0.662. The summed E-state index contributed by atoms with van der Waals surface area (Å²) >= 11 is 0. The molecular weight excluding hydrogens is 280 g/mol. The van der Waals surface area contributed by atoms with Crippen LogP contribution in [0.1, 0.15) is 37.4 Å². The minimum absolute atomic E-state index is 0.00981. The molecule has 0 aliphatic rings. The van der Waals surface area contributed by atoms with E-state index in [1.165, 1.54) is 0 Å². The molecule has 0 spiro atoms. The van der Waals surface area contributed by atoms with Gasteiger partial charge in [0, 0.05) is 37.6 Å². The van der Waals surface area contributed by atoms with Gasteiger partial charge >= 0.3 is 0 Å². The van der Waals surface area contributed by atoms with Crippen LogP contribution in [0.25, 0.3) is 0 Å². The third kappa shape index (κ3) is 4.86. The van der Waals surface area contributed by atoms with Gasteiger partial charge in [0.25, 0.3) is 10.0 Å². The van der Waals surface area contributed by atoms with Gasteiger partial charge < -0.3 is 10.5 Å². The van der Waals surface area contributed by atoms with Crippen molar-refractivity contribution in [3.05, 3.63) is 11.3 Å². The van der Waals surface area contributed by atoms with E-state index in [2.05, 4.69) is 21.8 Å². The molecule has 0 unspecified atom stereocenters. The molecule has 0 aromatic carbocycles. The van der Waals surface area contributed by atoms with Crippen LogP contribution in [0.2, 0.25) is 0 Å². The molecule has 7 nitrogen and oxygen atoms in total. The van der Waals surface area contributed by atoms with Gasteiger partial charge in [0.1, 0.15) is 0 Å². The second kappa shape index (κ2) is 8.35. The molecule has 0 aliphatic heterocycles. The average Bonchev–Trinajstić information content (AvgIpc) is 2.79. The summed E-state index contributed by atoms with van der Waals surface area (Å²) in [7, 11) is -3.61. The summed E-state index contributed by atoms with van der Waals surface area (Å²) in [5, 5.41) is 6.45. The fourth-order valence-electron chi connectivity index (χ4n) is 1.69. The lowest BCUT2D eigenvalue weighted by atomic mass is 10.3. The van der Waals surface area contributed by atoms with Crippen LogP contribution in [0.15, 0.2) is 5.03 Å². The average molecular weight is 304 g/mol. The van der Waals surface area contributed by atoms with Gasteiger partial charge in [-0.05, 0) is 19.8 Å². The maximum atomic E-state index is 12.1. The summed E-state index contributed by atoms with van der Waals surface area (Å²) in [4.78, 5) is 0. The second-order valence-electron chi connectivity index (χ2n) is 4.55. The summed E-state index contributed by atoms with van der Waals surface area (Å²) in [6, 6.07) is 0. The van der Waals surface area contributed by atoms with Crippen LogP contribution in [-0.4, -0.2) is 38.4 Å². The van der Waals surface area contributed by atoms with E-state index in [-0.39, 0.29) is 11.6 Å². The van der Waals surface area contributed by atoms with Gasteiger partial charge in [-0.15, -0.1) is 0 Å². The van der Waals surface area contributed by atoms with Crippen molar-refractivity contribution in [3.8, 4) is 0 Å². The molecule has 0 saturated carbocycles. The van der Waals surface area contributed by atoms with E-state index in [0.717, 1.165) is 19.4 Å². The fourth-order valence-corrected chi connectivity index (χ4v) is 2.97. The van der Waals surface area contributed by atoms with Crippen molar-refractivity contribution in [1.29, 1.82) is 0 Å². The summed E-state index contributed by atoms with van der Waals surface area (Å²) in [5.74, 6) is 0. The Hall–Kier alpha value is -0.960. The first kappa shape index (κ1) is 17.1. The number of aromatic nitrogens is 2. The molecule has 1 rings (SSSR count). The number of aryl methyl sites for hydroxylation is 1. The van der Waals surface area contributed by atoms with Crippen LogP contribution in [0.3, 0.4) is 0 Å². The number of nitrogens with one attached hydrogen (secondary N) is 2. The normalized spacial score (nSPS) is 11.9. The largest absolute Gasteiger partial charge is 0.381 e. The first-order valence-corrected chi connectivity index (χ1v) is 8.32. The van der Waals surface area contributed by atoms with E-state index in [1.54, 1.807) is 6.92 Å². The predicted molar refractivity (Wildman–Crippen MR) is 76.7 cm³/mol.